The van der Waals surface area contributed by atoms with Crippen molar-refractivity contribution >= 4 is 27.6 Å². The van der Waals surface area contributed by atoms with E-state index in [9.17, 15) is 4.79 Å². The van der Waals surface area contributed by atoms with Crippen molar-refractivity contribution in [3.05, 3.63) is 40.4 Å². The number of hydrogen-bond acceptors (Lipinski definition) is 1. The Morgan fingerprint density at radius 3 is 2.89 bits per heavy atom. The molecule has 18 heavy (non-hydrogen) atoms. The monoisotopic (exact) mass is 308 g/mol. The first kappa shape index (κ1) is 13.1. The van der Waals surface area contributed by atoms with Gasteiger partial charge in [0.1, 0.15) is 0 Å². The van der Waals surface area contributed by atoms with Crippen LogP contribution in [0.25, 0.3) is 0 Å². The quantitative estimate of drug-likeness (QED) is 0.880. The Morgan fingerprint density at radius 2 is 2.11 bits per heavy atom. The van der Waals surface area contributed by atoms with Crippen molar-refractivity contribution < 1.29 is 4.79 Å². The van der Waals surface area contributed by atoms with Crippen LogP contribution in [0.15, 0.2) is 29.3 Å². The molecule has 1 aromatic rings. The maximum absolute atomic E-state index is 11.7. The molecule has 0 atom stereocenters. The minimum absolute atomic E-state index is 0.186. The molecule has 3 nitrogen and oxygen atoms in total. The van der Waals surface area contributed by atoms with Crippen molar-refractivity contribution in [2.75, 3.05) is 11.9 Å². The Hall–Kier alpha value is -1.29. The van der Waals surface area contributed by atoms with E-state index in [1.165, 1.54) is 24.0 Å². The number of anilines is 1. The number of halogens is 1. The summed E-state index contributed by atoms with van der Waals surface area (Å²) in [5.41, 5.74) is 3.59. The number of carbonyl (C=O) groups excluding carboxylic acids is 1. The molecule has 0 saturated carbocycles. The van der Waals surface area contributed by atoms with Crippen molar-refractivity contribution in [2.45, 2.75) is 25.7 Å². The predicted octanol–water partition coefficient (Wildman–Crippen LogP) is 3.60. The van der Waals surface area contributed by atoms with Crippen LogP contribution in [0.2, 0.25) is 0 Å². The van der Waals surface area contributed by atoms with Crippen molar-refractivity contribution in [3.63, 3.8) is 0 Å². The van der Waals surface area contributed by atoms with Gasteiger partial charge in [0.2, 0.25) is 0 Å². The van der Waals surface area contributed by atoms with E-state index >= 15 is 0 Å². The van der Waals surface area contributed by atoms with Crippen molar-refractivity contribution in [2.24, 2.45) is 0 Å². The van der Waals surface area contributed by atoms with E-state index in [1.54, 1.807) is 0 Å². The highest BCUT2D eigenvalue weighted by Crippen LogP contribution is 2.27. The summed E-state index contributed by atoms with van der Waals surface area (Å²) < 4.78 is 0.757. The van der Waals surface area contributed by atoms with Crippen LogP contribution in [-0.4, -0.2) is 12.6 Å². The fourth-order valence-corrected chi connectivity index (χ4v) is 2.38. The second-order valence-electron chi connectivity index (χ2n) is 4.48. The zero-order valence-corrected chi connectivity index (χ0v) is 11.8. The van der Waals surface area contributed by atoms with Gasteiger partial charge >= 0.3 is 6.03 Å². The van der Waals surface area contributed by atoms with Gasteiger partial charge in [-0.1, -0.05) is 34.6 Å². The molecule has 4 heteroatoms. The summed E-state index contributed by atoms with van der Waals surface area (Å²) in [6.07, 6.45) is 4.61. The number of urea groups is 1. The summed E-state index contributed by atoms with van der Waals surface area (Å²) in [5, 5.41) is 5.65. The highest BCUT2D eigenvalue weighted by molar-refractivity contribution is 9.11. The maximum Gasteiger partial charge on any atom is 0.319 e. The van der Waals surface area contributed by atoms with Crippen molar-refractivity contribution in [1.82, 2.24) is 5.32 Å². The van der Waals surface area contributed by atoms with Crippen LogP contribution in [0.3, 0.4) is 0 Å². The van der Waals surface area contributed by atoms with Gasteiger partial charge < -0.3 is 10.6 Å². The molecule has 0 bridgehead atoms. The minimum Gasteiger partial charge on any atom is -0.333 e. The van der Waals surface area contributed by atoms with Crippen LogP contribution >= 0.6 is 15.9 Å². The number of benzene rings is 1. The lowest BCUT2D eigenvalue weighted by Gasteiger charge is -2.19. The molecular formula is C14H17BrN2O. The summed E-state index contributed by atoms with van der Waals surface area (Å²) >= 11 is 3.21. The molecule has 1 aliphatic carbocycles. The second-order valence-corrected chi connectivity index (χ2v) is 5.60. The molecule has 0 spiro atoms. The lowest BCUT2D eigenvalue weighted by Crippen LogP contribution is -2.30. The molecular weight excluding hydrogens is 292 g/mol. The van der Waals surface area contributed by atoms with Crippen LogP contribution in [0.1, 0.15) is 24.0 Å². The Labute approximate surface area is 116 Å². The highest BCUT2D eigenvalue weighted by atomic mass is 79.9. The van der Waals surface area contributed by atoms with E-state index in [-0.39, 0.29) is 6.03 Å². The number of aryl methyl sites for hydroxylation is 1. The van der Waals surface area contributed by atoms with Gasteiger partial charge in [0.05, 0.1) is 6.54 Å². The summed E-state index contributed by atoms with van der Waals surface area (Å²) in [7, 11) is 0. The molecule has 2 rings (SSSR count). The third-order valence-electron chi connectivity index (χ3n) is 3.08. The highest BCUT2D eigenvalue weighted by Gasteiger charge is 2.14. The van der Waals surface area contributed by atoms with E-state index in [1.807, 2.05) is 12.1 Å². The molecule has 0 radical (unpaired) electrons. The molecule has 2 amide bonds. The van der Waals surface area contributed by atoms with Crippen LogP contribution in [-0.2, 0) is 12.8 Å². The molecule has 1 aromatic carbocycles. The van der Waals surface area contributed by atoms with E-state index in [0.29, 0.717) is 6.54 Å². The summed E-state index contributed by atoms with van der Waals surface area (Å²) in [6.45, 7) is 4.11. The maximum atomic E-state index is 11.7. The molecule has 96 valence electrons. The molecule has 0 aromatic heterocycles. The van der Waals surface area contributed by atoms with Gasteiger partial charge in [-0.15, -0.1) is 0 Å². The van der Waals surface area contributed by atoms with Gasteiger partial charge in [0.15, 0.2) is 0 Å². The zero-order chi connectivity index (χ0) is 13.0. The average Bonchev–Trinajstić information content (AvgIpc) is 2.37. The average molecular weight is 309 g/mol. The Kier molecular flexibility index (Phi) is 4.42. The number of carbonyl (C=O) groups is 1. The molecule has 1 aliphatic rings. The lowest BCUT2D eigenvalue weighted by atomic mass is 9.90. The number of amides is 2. The minimum atomic E-state index is -0.186. The van der Waals surface area contributed by atoms with Gasteiger partial charge in [0.25, 0.3) is 0 Å². The van der Waals surface area contributed by atoms with Gasteiger partial charge in [-0.2, -0.15) is 0 Å². The number of hydrogen-bond donors (Lipinski definition) is 2. The largest absolute Gasteiger partial charge is 0.333 e. The molecule has 0 fully saturated rings. The van der Waals surface area contributed by atoms with E-state index in [4.69, 9.17) is 0 Å². The van der Waals surface area contributed by atoms with Crippen LogP contribution in [0.4, 0.5) is 10.5 Å². The van der Waals surface area contributed by atoms with Gasteiger partial charge in [-0.25, -0.2) is 4.79 Å². The number of fused-ring (bicyclic) bond motifs is 1. The molecule has 2 N–H and O–H groups in total. The van der Waals surface area contributed by atoms with Crippen molar-refractivity contribution in [1.29, 1.82) is 0 Å². The molecule has 0 heterocycles. The molecule has 0 aliphatic heterocycles. The van der Waals surface area contributed by atoms with E-state index in [2.05, 4.69) is 39.2 Å². The normalized spacial score (nSPS) is 13.6. The smallest absolute Gasteiger partial charge is 0.319 e. The third kappa shape index (κ3) is 3.35. The first-order valence-electron chi connectivity index (χ1n) is 6.15. The summed E-state index contributed by atoms with van der Waals surface area (Å²) in [4.78, 5) is 11.7. The van der Waals surface area contributed by atoms with Crippen LogP contribution < -0.4 is 10.6 Å². The lowest BCUT2D eigenvalue weighted by molar-refractivity contribution is 0.253. The summed E-state index contributed by atoms with van der Waals surface area (Å²) in [5.74, 6) is 0. The van der Waals surface area contributed by atoms with Gasteiger partial charge in [-0.05, 0) is 42.9 Å². The first-order chi connectivity index (χ1) is 8.66. The Morgan fingerprint density at radius 1 is 1.33 bits per heavy atom. The molecule has 0 saturated heterocycles. The van der Waals surface area contributed by atoms with Crippen molar-refractivity contribution in [3.8, 4) is 0 Å². The number of nitrogens with one attached hydrogen (secondary N) is 2. The topological polar surface area (TPSA) is 41.1 Å². The number of rotatable bonds is 3. The first-order valence-corrected chi connectivity index (χ1v) is 6.95. The Bertz CT molecular complexity index is 471. The standard InChI is InChI=1S/C14H17BrN2O/c1-10(15)9-16-14(18)17-13-8-4-6-11-5-2-3-7-12(11)13/h4,6,8H,1-3,5,7,9H2,(H2,16,17,18). The van der Waals surface area contributed by atoms with E-state index in [0.717, 1.165) is 23.0 Å². The predicted molar refractivity (Wildman–Crippen MR) is 78.2 cm³/mol. The second kappa shape index (κ2) is 6.05. The fourth-order valence-electron chi connectivity index (χ4n) is 2.24. The zero-order valence-electron chi connectivity index (χ0n) is 10.3. The fraction of sp³-hybridized carbons (Fsp3) is 0.357. The van der Waals surface area contributed by atoms with Crippen LogP contribution in [0, 0.1) is 0 Å². The summed E-state index contributed by atoms with van der Waals surface area (Å²) in [6, 6.07) is 5.93. The Balaban J connectivity index is 2.05. The molecule has 0 unspecified atom stereocenters. The van der Waals surface area contributed by atoms with Gasteiger partial charge in [-0.3, -0.25) is 0 Å². The van der Waals surface area contributed by atoms with E-state index < -0.39 is 0 Å². The van der Waals surface area contributed by atoms with Gasteiger partial charge in [0, 0.05) is 10.2 Å². The van der Waals surface area contributed by atoms with Crippen LogP contribution in [0.5, 0.6) is 0 Å². The SMILES string of the molecule is C=C(Br)CNC(=O)Nc1cccc2c1CCCC2. The third-order valence-corrected chi connectivity index (χ3v) is 3.37.